The fraction of sp³-hybridized carbons (Fsp3) is 0.258. The van der Waals surface area contributed by atoms with Crippen LogP contribution in [-0.4, -0.2) is 76.5 Å². The molecule has 6 rings (SSSR count). The van der Waals surface area contributed by atoms with Gasteiger partial charge in [0.2, 0.25) is 11.8 Å². The van der Waals surface area contributed by atoms with Gasteiger partial charge in [-0.25, -0.2) is 0 Å². The van der Waals surface area contributed by atoms with Gasteiger partial charge in [0.25, 0.3) is 17.7 Å². The van der Waals surface area contributed by atoms with E-state index in [1.807, 2.05) is 48.5 Å². The minimum absolute atomic E-state index is 0.0381. The van der Waals surface area contributed by atoms with Crippen LogP contribution in [0.2, 0.25) is 10.0 Å². The van der Waals surface area contributed by atoms with Gasteiger partial charge in [-0.05, 0) is 60.0 Å². The molecule has 1 unspecified atom stereocenters. The van der Waals surface area contributed by atoms with Crippen LogP contribution in [0, 0.1) is 0 Å². The Hall–Kier alpha value is -4.05. The van der Waals surface area contributed by atoms with Gasteiger partial charge in [-0.2, -0.15) is 0 Å². The molecule has 0 aromatic heterocycles. The summed E-state index contributed by atoms with van der Waals surface area (Å²) >= 11 is 12.3. The summed E-state index contributed by atoms with van der Waals surface area (Å²) in [4.78, 5) is 68.6. The molecule has 3 aromatic rings. The minimum Gasteiger partial charge on any atom is -0.336 e. The number of fused-ring (bicyclic) bond motifs is 1. The van der Waals surface area contributed by atoms with Gasteiger partial charge in [-0.1, -0.05) is 47.5 Å². The average molecular weight is 605 g/mol. The van der Waals surface area contributed by atoms with Crippen LogP contribution in [0.25, 0.3) is 0 Å². The van der Waals surface area contributed by atoms with Crippen LogP contribution in [0.15, 0.2) is 66.7 Å². The molecule has 0 aliphatic carbocycles. The summed E-state index contributed by atoms with van der Waals surface area (Å²) in [5, 5.41) is 3.49. The van der Waals surface area contributed by atoms with Crippen molar-refractivity contribution in [1.29, 1.82) is 0 Å². The second kappa shape index (κ2) is 11.3. The number of benzene rings is 3. The molecule has 2 fully saturated rings. The van der Waals surface area contributed by atoms with Crippen LogP contribution < -0.4 is 5.32 Å². The maximum absolute atomic E-state index is 13.5. The van der Waals surface area contributed by atoms with Gasteiger partial charge in [0.1, 0.15) is 6.04 Å². The summed E-state index contributed by atoms with van der Waals surface area (Å²) in [6.07, 6.45) is 0.107. The van der Waals surface area contributed by atoms with Crippen LogP contribution in [-0.2, 0) is 9.59 Å². The Morgan fingerprint density at radius 3 is 1.90 bits per heavy atom. The molecule has 0 spiro atoms. The largest absolute Gasteiger partial charge is 0.336 e. The SMILES string of the molecule is O=C1CCC(N2C(=O)c3ccc(C(=O)N4CCN(C(c5ccc(Cl)cc5)c5ccc(Cl)cc5)CC4)cc3C2=O)C(=O)N1. The normalized spacial score (nSPS) is 19.4. The van der Waals surface area contributed by atoms with Gasteiger partial charge in [-0.15, -0.1) is 0 Å². The van der Waals surface area contributed by atoms with E-state index in [4.69, 9.17) is 23.2 Å². The third-order valence-corrected chi connectivity index (χ3v) is 8.53. The Balaban J connectivity index is 1.18. The smallest absolute Gasteiger partial charge is 0.262 e. The lowest BCUT2D eigenvalue weighted by molar-refractivity contribution is -0.136. The molecule has 3 aromatic carbocycles. The predicted octanol–water partition coefficient (Wildman–Crippen LogP) is 3.94. The van der Waals surface area contributed by atoms with Gasteiger partial charge in [-0.3, -0.25) is 39.1 Å². The third kappa shape index (κ3) is 5.19. The van der Waals surface area contributed by atoms with Crippen molar-refractivity contribution < 1.29 is 24.0 Å². The Labute approximate surface area is 252 Å². The van der Waals surface area contributed by atoms with E-state index in [0.717, 1.165) is 16.0 Å². The zero-order valence-electron chi connectivity index (χ0n) is 22.4. The van der Waals surface area contributed by atoms with Crippen molar-refractivity contribution in [3.63, 3.8) is 0 Å². The van der Waals surface area contributed by atoms with E-state index in [1.54, 1.807) is 4.90 Å². The molecule has 1 N–H and O–H groups in total. The minimum atomic E-state index is -1.06. The maximum Gasteiger partial charge on any atom is 0.262 e. The van der Waals surface area contributed by atoms with Crippen molar-refractivity contribution in [3.05, 3.63) is 105 Å². The number of carbonyl (C=O) groups excluding carboxylic acids is 5. The quantitative estimate of drug-likeness (QED) is 0.442. The van der Waals surface area contributed by atoms with Crippen LogP contribution in [0.3, 0.4) is 0 Å². The summed E-state index contributed by atoms with van der Waals surface area (Å²) in [5.41, 5.74) is 2.66. The molecule has 214 valence electrons. The Bertz CT molecular complexity index is 1560. The number of piperidine rings is 1. The molecule has 11 heteroatoms. The number of amides is 5. The van der Waals surface area contributed by atoms with E-state index < -0.39 is 29.7 Å². The van der Waals surface area contributed by atoms with E-state index in [2.05, 4.69) is 10.2 Å². The molecule has 5 amide bonds. The van der Waals surface area contributed by atoms with E-state index in [-0.39, 0.29) is 35.9 Å². The topological polar surface area (TPSA) is 107 Å². The molecule has 1 atom stereocenters. The van der Waals surface area contributed by atoms with Crippen molar-refractivity contribution >= 4 is 52.7 Å². The predicted molar refractivity (Wildman–Crippen MR) is 155 cm³/mol. The van der Waals surface area contributed by atoms with E-state index in [1.165, 1.54) is 18.2 Å². The summed E-state index contributed by atoms with van der Waals surface area (Å²) in [6.45, 7) is 2.13. The van der Waals surface area contributed by atoms with Gasteiger partial charge >= 0.3 is 0 Å². The van der Waals surface area contributed by atoms with Gasteiger partial charge in [0, 0.05) is 48.2 Å². The molecule has 9 nitrogen and oxygen atoms in total. The second-order valence-electron chi connectivity index (χ2n) is 10.5. The lowest BCUT2D eigenvalue weighted by Crippen LogP contribution is -2.54. The van der Waals surface area contributed by atoms with Crippen molar-refractivity contribution in [3.8, 4) is 0 Å². The van der Waals surface area contributed by atoms with Crippen LogP contribution in [0.5, 0.6) is 0 Å². The van der Waals surface area contributed by atoms with E-state index in [9.17, 15) is 24.0 Å². The summed E-state index contributed by atoms with van der Waals surface area (Å²) < 4.78 is 0. The number of hydrogen-bond donors (Lipinski definition) is 1. The monoisotopic (exact) mass is 604 g/mol. The Kier molecular flexibility index (Phi) is 7.57. The molecule has 0 saturated carbocycles. The second-order valence-corrected chi connectivity index (χ2v) is 11.4. The third-order valence-electron chi connectivity index (χ3n) is 8.02. The van der Waals surface area contributed by atoms with Gasteiger partial charge in [0.15, 0.2) is 0 Å². The molecule has 3 aliphatic heterocycles. The maximum atomic E-state index is 13.5. The molecule has 3 aliphatic rings. The van der Waals surface area contributed by atoms with Crippen molar-refractivity contribution in [2.45, 2.75) is 24.9 Å². The lowest BCUT2D eigenvalue weighted by Gasteiger charge is -2.40. The van der Waals surface area contributed by atoms with Crippen molar-refractivity contribution in [2.75, 3.05) is 26.2 Å². The first-order valence-electron chi connectivity index (χ1n) is 13.6. The highest BCUT2D eigenvalue weighted by atomic mass is 35.5. The molecule has 2 saturated heterocycles. The Morgan fingerprint density at radius 2 is 1.33 bits per heavy atom. The number of nitrogens with zero attached hydrogens (tertiary/aromatic N) is 3. The molecular formula is C31H26Cl2N4O5. The first kappa shape index (κ1) is 28.1. The highest BCUT2D eigenvalue weighted by Crippen LogP contribution is 2.32. The van der Waals surface area contributed by atoms with Crippen LogP contribution in [0.4, 0.5) is 0 Å². The molecule has 42 heavy (non-hydrogen) atoms. The lowest BCUT2D eigenvalue weighted by atomic mass is 9.96. The van der Waals surface area contributed by atoms with Crippen LogP contribution >= 0.6 is 23.2 Å². The van der Waals surface area contributed by atoms with Gasteiger partial charge < -0.3 is 4.90 Å². The summed E-state index contributed by atoms with van der Waals surface area (Å²) in [7, 11) is 0. The first-order chi connectivity index (χ1) is 20.2. The standard InChI is InChI=1S/C31H26Cl2N4O5/c32-21-6-1-18(2-7-21)27(19-3-8-22(33)9-4-19)35-13-15-36(16-14-35)29(40)20-5-10-23-24(17-20)31(42)37(30(23)41)25-11-12-26(38)34-28(25)39/h1-10,17,25,27H,11-16H2,(H,34,38,39). The first-order valence-corrected chi connectivity index (χ1v) is 14.4. The summed E-state index contributed by atoms with van der Waals surface area (Å²) in [5.74, 6) is -2.60. The van der Waals surface area contributed by atoms with Gasteiger partial charge in [0.05, 0.1) is 17.2 Å². The fourth-order valence-electron chi connectivity index (χ4n) is 5.87. The number of hydrogen-bond acceptors (Lipinski definition) is 6. The van der Waals surface area contributed by atoms with Crippen molar-refractivity contribution in [1.82, 2.24) is 20.0 Å². The van der Waals surface area contributed by atoms with Crippen molar-refractivity contribution in [2.24, 2.45) is 0 Å². The number of rotatable bonds is 5. The number of nitrogens with one attached hydrogen (secondary N) is 1. The molecule has 0 radical (unpaired) electrons. The zero-order chi connectivity index (χ0) is 29.5. The Morgan fingerprint density at radius 1 is 0.762 bits per heavy atom. The van der Waals surface area contributed by atoms with Crippen LogP contribution in [0.1, 0.15) is 61.1 Å². The zero-order valence-corrected chi connectivity index (χ0v) is 23.9. The molecular weight excluding hydrogens is 579 g/mol. The molecule has 3 heterocycles. The number of carbonyl (C=O) groups is 5. The average Bonchev–Trinajstić information content (AvgIpc) is 3.24. The molecule has 0 bridgehead atoms. The van der Waals surface area contributed by atoms with E-state index in [0.29, 0.717) is 41.8 Å². The number of piperazine rings is 1. The number of halogens is 2. The number of imide groups is 2. The fourth-order valence-corrected chi connectivity index (χ4v) is 6.13. The van der Waals surface area contributed by atoms with E-state index >= 15 is 0 Å². The highest BCUT2D eigenvalue weighted by Gasteiger charge is 2.45. The highest BCUT2D eigenvalue weighted by molar-refractivity contribution is 6.30. The summed E-state index contributed by atoms with van der Waals surface area (Å²) in [6, 6.07) is 18.8.